The third-order valence-corrected chi connectivity index (χ3v) is 4.47. The molecular formula is C17H20N5O2+. The molecule has 3 aromatic heterocycles. The Labute approximate surface area is 139 Å². The molecule has 24 heavy (non-hydrogen) atoms. The van der Waals surface area contributed by atoms with E-state index in [1.165, 1.54) is 0 Å². The van der Waals surface area contributed by atoms with Crippen LogP contribution in [-0.2, 0) is 0 Å². The van der Waals surface area contributed by atoms with Crippen molar-refractivity contribution < 1.29 is 14.3 Å². The van der Waals surface area contributed by atoms with Crippen molar-refractivity contribution in [3.05, 3.63) is 41.8 Å². The second-order valence-corrected chi connectivity index (χ2v) is 6.50. The highest BCUT2D eigenvalue weighted by atomic mass is 16.5. The van der Waals surface area contributed by atoms with Crippen molar-refractivity contribution in [2.24, 2.45) is 0 Å². The molecule has 1 saturated heterocycles. The normalized spacial score (nSPS) is 18.0. The lowest BCUT2D eigenvalue weighted by atomic mass is 10.1. The summed E-state index contributed by atoms with van der Waals surface area (Å²) in [6.45, 7) is 4.73. The first-order valence-electron chi connectivity index (χ1n) is 8.27. The Morgan fingerprint density at radius 3 is 3.17 bits per heavy atom. The minimum atomic E-state index is -0.115. The fourth-order valence-electron chi connectivity index (χ4n) is 3.17. The maximum Gasteiger partial charge on any atom is 0.284 e. The molecule has 0 aliphatic carbocycles. The Hall–Kier alpha value is -2.70. The molecule has 1 fully saturated rings. The van der Waals surface area contributed by atoms with Crippen molar-refractivity contribution in [2.75, 3.05) is 6.54 Å². The largest absolute Gasteiger partial charge is 0.339 e. The number of pyridine rings is 1. The Balaban J connectivity index is 1.62. The van der Waals surface area contributed by atoms with E-state index >= 15 is 0 Å². The zero-order valence-corrected chi connectivity index (χ0v) is 13.7. The zero-order valence-electron chi connectivity index (χ0n) is 13.7. The Kier molecular flexibility index (Phi) is 3.55. The number of nitrogens with one attached hydrogen (secondary N) is 2. The molecule has 0 unspecified atom stereocenters. The number of hydrogen-bond donors (Lipinski definition) is 1. The highest BCUT2D eigenvalue weighted by Crippen LogP contribution is 2.32. The van der Waals surface area contributed by atoms with Crippen LogP contribution < -0.4 is 4.98 Å². The van der Waals surface area contributed by atoms with Crippen LogP contribution in [0.15, 0.2) is 29.0 Å². The number of rotatable bonds is 3. The zero-order chi connectivity index (χ0) is 16.7. The number of carbonyl (C=O) groups is 1. The van der Waals surface area contributed by atoms with Gasteiger partial charge in [-0.1, -0.05) is 19.0 Å². The molecule has 0 aromatic carbocycles. The van der Waals surface area contributed by atoms with Gasteiger partial charge in [0, 0.05) is 12.5 Å². The summed E-state index contributed by atoms with van der Waals surface area (Å²) >= 11 is 0. The van der Waals surface area contributed by atoms with Gasteiger partial charge in [-0.2, -0.15) is 4.98 Å². The minimum Gasteiger partial charge on any atom is -0.339 e. The van der Waals surface area contributed by atoms with E-state index in [0.717, 1.165) is 23.9 Å². The molecule has 0 spiro atoms. The molecule has 7 nitrogen and oxygen atoms in total. The number of nitrogens with zero attached hydrogens (tertiary/aromatic N) is 3. The van der Waals surface area contributed by atoms with Gasteiger partial charge in [0.05, 0.1) is 23.2 Å². The van der Waals surface area contributed by atoms with E-state index < -0.39 is 0 Å². The summed E-state index contributed by atoms with van der Waals surface area (Å²) in [5.74, 6) is 1.40. The van der Waals surface area contributed by atoms with Gasteiger partial charge in [0.1, 0.15) is 6.20 Å². The van der Waals surface area contributed by atoms with E-state index in [0.29, 0.717) is 23.8 Å². The average Bonchev–Trinajstić information content (AvgIpc) is 3.31. The summed E-state index contributed by atoms with van der Waals surface area (Å²) in [6.07, 6.45) is 5.39. The van der Waals surface area contributed by atoms with Crippen LogP contribution in [0.5, 0.6) is 0 Å². The van der Waals surface area contributed by atoms with Crippen molar-refractivity contribution in [1.82, 2.24) is 20.0 Å². The van der Waals surface area contributed by atoms with E-state index in [1.54, 1.807) is 6.20 Å². The lowest BCUT2D eigenvalue weighted by Gasteiger charge is -2.21. The predicted octanol–water partition coefficient (Wildman–Crippen LogP) is 2.47. The van der Waals surface area contributed by atoms with E-state index in [1.807, 2.05) is 37.1 Å². The van der Waals surface area contributed by atoms with Crippen molar-refractivity contribution >= 4 is 16.9 Å². The van der Waals surface area contributed by atoms with Gasteiger partial charge in [0.15, 0.2) is 5.82 Å². The summed E-state index contributed by atoms with van der Waals surface area (Å²) < 4.78 is 5.31. The molecule has 2 N–H and O–H groups in total. The first-order chi connectivity index (χ1) is 11.6. The van der Waals surface area contributed by atoms with Crippen LogP contribution in [0.4, 0.5) is 0 Å². The topological polar surface area (TPSA) is 89.2 Å². The SMILES string of the molecule is CC(C)c1nc([C@@H]2CCCN2C(=O)c2c[nH+]c3[nH]ccc3c2)no1. The number of amides is 1. The number of likely N-dealkylation sites (tertiary alicyclic amines) is 1. The second kappa shape index (κ2) is 5.74. The monoisotopic (exact) mass is 326 g/mol. The number of aromatic nitrogens is 4. The van der Waals surface area contributed by atoms with Crippen molar-refractivity contribution in [1.29, 1.82) is 0 Å². The Morgan fingerprint density at radius 1 is 1.50 bits per heavy atom. The summed E-state index contributed by atoms with van der Waals surface area (Å²) in [5, 5.41) is 5.08. The highest BCUT2D eigenvalue weighted by molar-refractivity contribution is 5.96. The minimum absolute atomic E-state index is 0.00672. The Morgan fingerprint density at radius 2 is 2.38 bits per heavy atom. The molecule has 0 bridgehead atoms. The van der Waals surface area contributed by atoms with Gasteiger partial charge < -0.3 is 9.42 Å². The van der Waals surface area contributed by atoms with Gasteiger partial charge in [-0.05, 0) is 25.0 Å². The predicted molar refractivity (Wildman–Crippen MR) is 86.3 cm³/mol. The van der Waals surface area contributed by atoms with Crippen molar-refractivity contribution in [3.63, 3.8) is 0 Å². The molecule has 4 rings (SSSR count). The molecule has 124 valence electrons. The highest BCUT2D eigenvalue weighted by Gasteiger charge is 2.34. The molecule has 4 heterocycles. The summed E-state index contributed by atoms with van der Waals surface area (Å²) in [6, 6.07) is 3.73. The quantitative estimate of drug-likeness (QED) is 0.800. The summed E-state index contributed by atoms with van der Waals surface area (Å²) in [7, 11) is 0. The molecule has 3 aromatic rings. The molecule has 7 heteroatoms. The lowest BCUT2D eigenvalue weighted by molar-refractivity contribution is -0.347. The van der Waals surface area contributed by atoms with Crippen LogP contribution in [0.25, 0.3) is 11.0 Å². The average molecular weight is 326 g/mol. The Bertz CT molecular complexity index is 882. The fourth-order valence-corrected chi connectivity index (χ4v) is 3.17. The van der Waals surface area contributed by atoms with Gasteiger partial charge in [0.25, 0.3) is 11.6 Å². The third kappa shape index (κ3) is 2.46. The van der Waals surface area contributed by atoms with Crippen LogP contribution in [0.2, 0.25) is 0 Å². The molecule has 1 aliphatic heterocycles. The van der Waals surface area contributed by atoms with E-state index in [4.69, 9.17) is 4.52 Å². The van der Waals surface area contributed by atoms with Gasteiger partial charge in [0.2, 0.25) is 5.89 Å². The number of fused-ring (bicyclic) bond motifs is 1. The van der Waals surface area contributed by atoms with Crippen LogP contribution in [0.1, 0.15) is 60.7 Å². The van der Waals surface area contributed by atoms with E-state index in [9.17, 15) is 4.79 Å². The van der Waals surface area contributed by atoms with Crippen molar-refractivity contribution in [3.8, 4) is 0 Å². The van der Waals surface area contributed by atoms with Gasteiger partial charge >= 0.3 is 0 Å². The van der Waals surface area contributed by atoms with Crippen LogP contribution in [-0.4, -0.2) is 32.5 Å². The standard InChI is InChI=1S/C17H19N5O2/c1-10(2)16-20-15(21-24-16)13-4-3-7-22(13)17(23)12-8-11-5-6-18-14(11)19-9-12/h5-6,8-10,13H,3-4,7H2,1-2H3,(H,18,19)/p+1/t13-/m0/s1. The summed E-state index contributed by atoms with van der Waals surface area (Å²) in [5.41, 5.74) is 1.55. The number of carbonyl (C=O) groups excluding carboxylic acids is 1. The number of hydrogen-bond acceptors (Lipinski definition) is 4. The third-order valence-electron chi connectivity index (χ3n) is 4.47. The molecule has 0 saturated carbocycles. The van der Waals surface area contributed by atoms with Crippen molar-refractivity contribution in [2.45, 2.75) is 38.6 Å². The van der Waals surface area contributed by atoms with Crippen LogP contribution >= 0.6 is 0 Å². The molecule has 1 aliphatic rings. The molecule has 1 amide bonds. The number of H-pyrrole nitrogens is 2. The molecular weight excluding hydrogens is 306 g/mol. The first kappa shape index (κ1) is 14.9. The maximum absolute atomic E-state index is 12.9. The summed E-state index contributed by atoms with van der Waals surface area (Å²) in [4.78, 5) is 25.5. The fraction of sp³-hybridized carbons (Fsp3) is 0.412. The second-order valence-electron chi connectivity index (χ2n) is 6.50. The van der Waals surface area contributed by atoms with Crippen LogP contribution in [0.3, 0.4) is 0 Å². The lowest BCUT2D eigenvalue weighted by Crippen LogP contribution is -2.31. The van der Waals surface area contributed by atoms with Gasteiger partial charge in [-0.3, -0.25) is 4.79 Å². The van der Waals surface area contributed by atoms with Crippen LogP contribution in [0, 0.1) is 0 Å². The maximum atomic E-state index is 12.9. The first-order valence-corrected chi connectivity index (χ1v) is 8.27. The smallest absolute Gasteiger partial charge is 0.284 e. The number of aromatic amines is 2. The van der Waals surface area contributed by atoms with Gasteiger partial charge in [-0.25, -0.2) is 9.97 Å². The van der Waals surface area contributed by atoms with E-state index in [2.05, 4.69) is 20.1 Å². The molecule has 0 radical (unpaired) electrons. The molecule has 1 atom stereocenters. The van der Waals surface area contributed by atoms with E-state index in [-0.39, 0.29) is 17.9 Å². The van der Waals surface area contributed by atoms with Gasteiger partial charge in [-0.15, -0.1) is 0 Å².